The van der Waals surface area contributed by atoms with Crippen LogP contribution in [0.15, 0.2) is 24.8 Å². The molecule has 0 aromatic rings. The molecule has 0 saturated carbocycles. The summed E-state index contributed by atoms with van der Waals surface area (Å²) in [7, 11) is 0. The van der Waals surface area contributed by atoms with Crippen LogP contribution in [0, 0.1) is 0 Å². The summed E-state index contributed by atoms with van der Waals surface area (Å²) in [6, 6.07) is 0. The maximum atomic E-state index is 5.89. The van der Waals surface area contributed by atoms with Gasteiger partial charge in [-0.3, -0.25) is 0 Å². The summed E-state index contributed by atoms with van der Waals surface area (Å²) < 4.78 is 11.8. The van der Waals surface area contributed by atoms with Gasteiger partial charge in [0.1, 0.15) is 0 Å². The normalized spacial score (nSPS) is 11.6. The van der Waals surface area contributed by atoms with Crippen LogP contribution in [0.2, 0.25) is 0 Å². The van der Waals surface area contributed by atoms with Gasteiger partial charge in [-0.1, -0.05) is 83.6 Å². The average Bonchev–Trinajstić information content (AvgIpc) is 2.59. The van der Waals surface area contributed by atoms with E-state index in [4.69, 9.17) is 9.47 Å². The van der Waals surface area contributed by atoms with Gasteiger partial charge in [0.25, 0.3) is 0 Å². The van der Waals surface area contributed by atoms with Gasteiger partial charge in [0.2, 0.25) is 0 Å². The molecule has 0 aromatic heterocycles. The minimum Gasteiger partial charge on any atom is -0.353 e. The highest BCUT2D eigenvalue weighted by molar-refractivity contribution is 4.96. The molecule has 0 spiro atoms. The third-order valence-corrected chi connectivity index (χ3v) is 4.19. The highest BCUT2D eigenvalue weighted by atomic mass is 16.7. The Labute approximate surface area is 151 Å². The summed E-state index contributed by atoms with van der Waals surface area (Å²) in [6.07, 6.45) is 22.3. The van der Waals surface area contributed by atoms with Crippen molar-refractivity contribution in [2.24, 2.45) is 0 Å². The first-order valence-corrected chi connectivity index (χ1v) is 10.4. The molecule has 0 aliphatic rings. The molecular weight excluding hydrogens is 296 g/mol. The SMILES string of the molecule is C=C/C=C\CCCCCCCCCC(OCCCC)OCCCC. The molecule has 0 fully saturated rings. The molecule has 0 radical (unpaired) electrons. The van der Waals surface area contributed by atoms with Crippen LogP contribution >= 0.6 is 0 Å². The third-order valence-electron chi connectivity index (χ3n) is 4.19. The third kappa shape index (κ3) is 17.7. The zero-order valence-corrected chi connectivity index (χ0v) is 16.4. The number of allylic oxidation sites excluding steroid dienone is 3. The van der Waals surface area contributed by atoms with Gasteiger partial charge in [0, 0.05) is 13.2 Å². The van der Waals surface area contributed by atoms with Gasteiger partial charge in [-0.05, 0) is 38.5 Å². The molecule has 0 bridgehead atoms. The van der Waals surface area contributed by atoms with E-state index in [1.165, 1.54) is 64.2 Å². The van der Waals surface area contributed by atoms with Crippen molar-refractivity contribution in [2.45, 2.75) is 104 Å². The van der Waals surface area contributed by atoms with Crippen molar-refractivity contribution in [1.29, 1.82) is 0 Å². The van der Waals surface area contributed by atoms with Gasteiger partial charge >= 0.3 is 0 Å². The summed E-state index contributed by atoms with van der Waals surface area (Å²) in [4.78, 5) is 0. The van der Waals surface area contributed by atoms with Crippen molar-refractivity contribution in [3.8, 4) is 0 Å². The van der Waals surface area contributed by atoms with Crippen LogP contribution in [0.4, 0.5) is 0 Å². The number of ether oxygens (including phenoxy) is 2. The average molecular weight is 339 g/mol. The van der Waals surface area contributed by atoms with Crippen molar-refractivity contribution >= 4 is 0 Å². The lowest BCUT2D eigenvalue weighted by Gasteiger charge is -2.18. The van der Waals surface area contributed by atoms with Crippen LogP contribution in [0.1, 0.15) is 97.3 Å². The zero-order valence-electron chi connectivity index (χ0n) is 16.4. The summed E-state index contributed by atoms with van der Waals surface area (Å²) in [5, 5.41) is 0. The van der Waals surface area contributed by atoms with E-state index in [0.717, 1.165) is 32.5 Å². The second kappa shape index (κ2) is 20.4. The number of hydrogen-bond donors (Lipinski definition) is 0. The van der Waals surface area contributed by atoms with Crippen LogP contribution in [-0.4, -0.2) is 19.5 Å². The molecule has 0 unspecified atom stereocenters. The Morgan fingerprint density at radius 3 is 1.83 bits per heavy atom. The first-order chi connectivity index (χ1) is 11.8. The Kier molecular flexibility index (Phi) is 19.9. The van der Waals surface area contributed by atoms with Gasteiger partial charge in [0.15, 0.2) is 6.29 Å². The molecule has 0 aromatic carbocycles. The first kappa shape index (κ1) is 23.4. The fourth-order valence-electron chi connectivity index (χ4n) is 2.58. The van der Waals surface area contributed by atoms with Gasteiger partial charge in [-0.25, -0.2) is 0 Å². The van der Waals surface area contributed by atoms with Gasteiger partial charge in [-0.15, -0.1) is 0 Å². The number of unbranched alkanes of at least 4 members (excludes halogenated alkanes) is 9. The molecule has 142 valence electrons. The van der Waals surface area contributed by atoms with Crippen LogP contribution < -0.4 is 0 Å². The Bertz CT molecular complexity index is 263. The minimum atomic E-state index is 0.0275. The molecule has 0 aliphatic carbocycles. The molecule has 24 heavy (non-hydrogen) atoms. The van der Waals surface area contributed by atoms with Crippen molar-refractivity contribution in [2.75, 3.05) is 13.2 Å². The monoisotopic (exact) mass is 338 g/mol. The molecule has 0 N–H and O–H groups in total. The lowest BCUT2D eigenvalue weighted by atomic mass is 10.1. The van der Waals surface area contributed by atoms with E-state index >= 15 is 0 Å². The van der Waals surface area contributed by atoms with Crippen molar-refractivity contribution in [3.05, 3.63) is 24.8 Å². The van der Waals surface area contributed by atoms with E-state index in [9.17, 15) is 0 Å². The molecule has 0 atom stereocenters. The van der Waals surface area contributed by atoms with Gasteiger partial charge in [-0.2, -0.15) is 0 Å². The number of hydrogen-bond acceptors (Lipinski definition) is 2. The van der Waals surface area contributed by atoms with Crippen LogP contribution in [0.5, 0.6) is 0 Å². The van der Waals surface area contributed by atoms with Gasteiger partial charge < -0.3 is 9.47 Å². The molecule has 0 rings (SSSR count). The zero-order chi connectivity index (χ0) is 17.7. The maximum absolute atomic E-state index is 5.89. The second-order valence-corrected chi connectivity index (χ2v) is 6.59. The molecule has 0 aliphatic heterocycles. The van der Waals surface area contributed by atoms with E-state index in [0.29, 0.717) is 0 Å². The molecule has 2 nitrogen and oxygen atoms in total. The van der Waals surface area contributed by atoms with E-state index in [-0.39, 0.29) is 6.29 Å². The predicted molar refractivity (Wildman–Crippen MR) is 106 cm³/mol. The highest BCUT2D eigenvalue weighted by Crippen LogP contribution is 2.13. The van der Waals surface area contributed by atoms with Crippen molar-refractivity contribution in [3.63, 3.8) is 0 Å². The number of rotatable bonds is 19. The van der Waals surface area contributed by atoms with Crippen molar-refractivity contribution < 1.29 is 9.47 Å². The second-order valence-electron chi connectivity index (χ2n) is 6.59. The molecule has 0 saturated heterocycles. The molecule has 2 heteroatoms. The Hall–Kier alpha value is -0.600. The Morgan fingerprint density at radius 2 is 1.29 bits per heavy atom. The Morgan fingerprint density at radius 1 is 0.750 bits per heavy atom. The van der Waals surface area contributed by atoms with Crippen LogP contribution in [0.3, 0.4) is 0 Å². The van der Waals surface area contributed by atoms with E-state index in [2.05, 4.69) is 26.5 Å². The maximum Gasteiger partial charge on any atom is 0.157 e. The predicted octanol–water partition coefficient (Wildman–Crippen LogP) is 7.20. The van der Waals surface area contributed by atoms with Crippen LogP contribution in [-0.2, 0) is 9.47 Å². The fraction of sp³-hybridized carbons (Fsp3) is 0.818. The van der Waals surface area contributed by atoms with E-state index in [1.807, 2.05) is 12.2 Å². The summed E-state index contributed by atoms with van der Waals surface area (Å²) >= 11 is 0. The largest absolute Gasteiger partial charge is 0.353 e. The van der Waals surface area contributed by atoms with E-state index in [1.54, 1.807) is 0 Å². The first-order valence-electron chi connectivity index (χ1n) is 10.4. The summed E-state index contributed by atoms with van der Waals surface area (Å²) in [5.74, 6) is 0. The molecule has 0 amide bonds. The topological polar surface area (TPSA) is 18.5 Å². The Balaban J connectivity index is 3.52. The summed E-state index contributed by atoms with van der Waals surface area (Å²) in [5.41, 5.74) is 0. The van der Waals surface area contributed by atoms with Gasteiger partial charge in [0.05, 0.1) is 0 Å². The lowest BCUT2D eigenvalue weighted by Crippen LogP contribution is -2.18. The quantitative estimate of drug-likeness (QED) is 0.141. The fourth-order valence-corrected chi connectivity index (χ4v) is 2.58. The van der Waals surface area contributed by atoms with Crippen molar-refractivity contribution in [1.82, 2.24) is 0 Å². The standard InChI is InChI=1S/C22H42O2/c1-4-7-10-11-12-13-14-15-16-17-18-19-22(23-20-8-5-2)24-21-9-6-3/h4,7,10,22H,1,5-6,8-9,11-21H2,2-3H3/b10-7-. The minimum absolute atomic E-state index is 0.0275. The smallest absolute Gasteiger partial charge is 0.157 e. The molecular formula is C22H42O2. The van der Waals surface area contributed by atoms with Crippen LogP contribution in [0.25, 0.3) is 0 Å². The lowest BCUT2D eigenvalue weighted by molar-refractivity contribution is -0.147. The summed E-state index contributed by atoms with van der Waals surface area (Å²) in [6.45, 7) is 9.77. The highest BCUT2D eigenvalue weighted by Gasteiger charge is 2.08. The molecule has 0 heterocycles. The van der Waals surface area contributed by atoms with E-state index < -0.39 is 0 Å².